The smallest absolute Gasteiger partial charge is 0.212 e. The zero-order valence-electron chi connectivity index (χ0n) is 11.5. The molecule has 0 aliphatic rings. The molecule has 0 heterocycles. The number of benzene rings is 1. The van der Waals surface area contributed by atoms with Crippen LogP contribution in [0.2, 0.25) is 0 Å². The summed E-state index contributed by atoms with van der Waals surface area (Å²) in [4.78, 5) is 0. The largest absolute Gasteiger partial charge is 0.245 e. The van der Waals surface area contributed by atoms with E-state index < -0.39 is 26.2 Å². The van der Waals surface area contributed by atoms with Gasteiger partial charge in [-0.25, -0.2) is 16.8 Å². The van der Waals surface area contributed by atoms with Gasteiger partial charge in [-0.3, -0.25) is 0 Å². The third kappa shape index (κ3) is 6.62. The summed E-state index contributed by atoms with van der Waals surface area (Å²) in [5, 5.41) is 0. The van der Waals surface area contributed by atoms with Gasteiger partial charge in [0.15, 0.2) is 0 Å². The van der Waals surface area contributed by atoms with Gasteiger partial charge in [0.05, 0.1) is 5.75 Å². The lowest BCUT2D eigenvalue weighted by Gasteiger charge is -2.19. The van der Waals surface area contributed by atoms with Crippen molar-refractivity contribution < 1.29 is 16.8 Å². The zero-order valence-corrected chi connectivity index (χ0v) is 14.0. The first-order valence-electron chi connectivity index (χ1n) is 6.32. The fourth-order valence-electron chi connectivity index (χ4n) is 1.57. The van der Waals surface area contributed by atoms with Crippen LogP contribution in [0, 0.1) is 0 Å². The molecule has 21 heavy (non-hydrogen) atoms. The second-order valence-electron chi connectivity index (χ2n) is 4.39. The normalized spacial score (nSPS) is 13.8. The lowest BCUT2D eigenvalue weighted by molar-refractivity contribution is 0.532. The first-order chi connectivity index (χ1) is 9.79. The quantitative estimate of drug-likeness (QED) is 0.517. The van der Waals surface area contributed by atoms with Crippen LogP contribution in [0.1, 0.15) is 31.5 Å². The van der Waals surface area contributed by atoms with Gasteiger partial charge >= 0.3 is 0 Å². The predicted octanol–water partition coefficient (Wildman–Crippen LogP) is 1.28. The van der Waals surface area contributed by atoms with Crippen LogP contribution in [-0.2, 0) is 20.0 Å². The number of rotatable bonds is 9. The molecule has 0 aliphatic heterocycles. The molecule has 0 aromatic heterocycles. The van der Waals surface area contributed by atoms with E-state index >= 15 is 0 Å². The lowest BCUT2D eigenvalue weighted by atomic mass is 10.2. The molecule has 0 saturated carbocycles. The van der Waals surface area contributed by atoms with Crippen LogP contribution in [0.15, 0.2) is 30.3 Å². The predicted molar refractivity (Wildman–Crippen MR) is 86.7 cm³/mol. The second kappa shape index (κ2) is 7.95. The molecule has 2 N–H and O–H groups in total. The highest BCUT2D eigenvalue weighted by Crippen LogP contribution is 2.12. The van der Waals surface area contributed by atoms with Crippen molar-refractivity contribution >= 4 is 37.0 Å². The molecule has 0 bridgehead atoms. The number of thiocarbonyl (C=S) groups is 1. The molecule has 0 amide bonds. The Morgan fingerprint density at radius 1 is 1.14 bits per heavy atom. The van der Waals surface area contributed by atoms with Crippen molar-refractivity contribution in [2.45, 2.75) is 25.9 Å². The highest BCUT2D eigenvalue weighted by Gasteiger charge is 2.22. The molecule has 1 rings (SSSR count). The topological polar surface area (TPSA) is 92.3 Å². The van der Waals surface area contributed by atoms with Crippen molar-refractivity contribution in [1.82, 2.24) is 9.44 Å². The van der Waals surface area contributed by atoms with Crippen LogP contribution in [0.5, 0.6) is 0 Å². The van der Waals surface area contributed by atoms with E-state index in [1.807, 2.05) is 6.92 Å². The molecule has 0 fully saturated rings. The molecular weight excluding hydrogens is 332 g/mol. The number of sulfonamides is 2. The standard InChI is InChI=1S/C12H18N2O4S3/c1-2-3-9-20(15,16)13-12(14-21(17,18)10-19)11-7-5-4-6-8-11/h4-8,10,12-14H,2-3,9H2,1H3. The molecular formula is C12H18N2O4S3. The first-order valence-corrected chi connectivity index (χ1v) is 9.99. The molecule has 9 heteroatoms. The van der Waals surface area contributed by atoms with Gasteiger partial charge in [0.1, 0.15) is 10.9 Å². The Labute approximate surface area is 131 Å². The van der Waals surface area contributed by atoms with Crippen molar-refractivity contribution in [3.8, 4) is 0 Å². The third-order valence-electron chi connectivity index (χ3n) is 2.61. The molecule has 0 radical (unpaired) electrons. The molecule has 1 aromatic rings. The summed E-state index contributed by atoms with van der Waals surface area (Å²) in [5.41, 5.74) is 0.484. The summed E-state index contributed by atoms with van der Waals surface area (Å²) in [6.07, 6.45) is 0.136. The van der Waals surface area contributed by atoms with Crippen LogP contribution >= 0.6 is 12.2 Å². The van der Waals surface area contributed by atoms with Crippen LogP contribution < -0.4 is 9.44 Å². The molecule has 6 nitrogen and oxygen atoms in total. The van der Waals surface area contributed by atoms with Gasteiger partial charge in [-0.2, -0.15) is 9.44 Å². The minimum absolute atomic E-state index is 0.0633. The highest BCUT2D eigenvalue weighted by molar-refractivity contribution is 8.13. The number of hydrogen-bond acceptors (Lipinski definition) is 5. The number of unbranched alkanes of at least 4 members (excludes halogenated alkanes) is 1. The number of nitrogens with one attached hydrogen (secondary N) is 2. The molecule has 0 spiro atoms. The van der Waals surface area contributed by atoms with Gasteiger partial charge in [-0.05, 0) is 12.0 Å². The second-order valence-corrected chi connectivity index (χ2v) is 8.36. The molecule has 1 atom stereocenters. The average molecular weight is 350 g/mol. The van der Waals surface area contributed by atoms with Crippen molar-refractivity contribution in [2.75, 3.05) is 5.75 Å². The molecule has 0 saturated heterocycles. The molecule has 118 valence electrons. The van der Waals surface area contributed by atoms with E-state index in [-0.39, 0.29) is 5.75 Å². The maximum Gasteiger partial charge on any atom is 0.245 e. The van der Waals surface area contributed by atoms with E-state index in [2.05, 4.69) is 21.7 Å². The van der Waals surface area contributed by atoms with E-state index in [0.29, 0.717) is 16.7 Å². The van der Waals surface area contributed by atoms with Crippen LogP contribution in [0.3, 0.4) is 0 Å². The van der Waals surface area contributed by atoms with E-state index in [0.717, 1.165) is 6.42 Å². The maximum atomic E-state index is 12.0. The molecule has 1 aromatic carbocycles. The Morgan fingerprint density at radius 2 is 1.76 bits per heavy atom. The van der Waals surface area contributed by atoms with E-state index in [4.69, 9.17) is 0 Å². The van der Waals surface area contributed by atoms with Gasteiger partial charge in [0.25, 0.3) is 0 Å². The zero-order chi connectivity index (χ0) is 15.9. The van der Waals surface area contributed by atoms with Gasteiger partial charge in [0, 0.05) is 0 Å². The van der Waals surface area contributed by atoms with Gasteiger partial charge in [0.2, 0.25) is 20.0 Å². The Balaban J connectivity index is 3.01. The number of hydrogen-bond donors (Lipinski definition) is 2. The monoisotopic (exact) mass is 350 g/mol. The first kappa shape index (κ1) is 18.2. The molecule has 0 aliphatic carbocycles. The summed E-state index contributed by atoms with van der Waals surface area (Å²) in [7, 11) is -7.44. The van der Waals surface area contributed by atoms with Crippen molar-refractivity contribution in [3.63, 3.8) is 0 Å². The Kier molecular flexibility index (Phi) is 6.88. The lowest BCUT2D eigenvalue weighted by Crippen LogP contribution is -2.41. The van der Waals surface area contributed by atoms with Crippen molar-refractivity contribution in [3.05, 3.63) is 35.9 Å². The minimum atomic E-state index is -3.85. The van der Waals surface area contributed by atoms with E-state index in [1.54, 1.807) is 30.3 Å². The summed E-state index contributed by atoms with van der Waals surface area (Å²) in [5.74, 6) is -0.0633. The fourth-order valence-corrected chi connectivity index (χ4v) is 3.73. The van der Waals surface area contributed by atoms with Crippen molar-refractivity contribution in [1.29, 1.82) is 0 Å². The summed E-state index contributed by atoms with van der Waals surface area (Å²) < 4.78 is 52.2. The summed E-state index contributed by atoms with van der Waals surface area (Å²) in [6, 6.07) is 8.38. The maximum absolute atomic E-state index is 12.0. The summed E-state index contributed by atoms with van der Waals surface area (Å²) >= 11 is 4.42. The van der Waals surface area contributed by atoms with Crippen LogP contribution in [0.25, 0.3) is 0 Å². The third-order valence-corrected chi connectivity index (χ3v) is 5.60. The summed E-state index contributed by atoms with van der Waals surface area (Å²) in [6.45, 7) is 1.87. The van der Waals surface area contributed by atoms with E-state index in [1.165, 1.54) is 0 Å². The Morgan fingerprint density at radius 3 is 2.29 bits per heavy atom. The highest BCUT2D eigenvalue weighted by atomic mass is 32.2. The minimum Gasteiger partial charge on any atom is -0.212 e. The van der Waals surface area contributed by atoms with Crippen LogP contribution in [0.4, 0.5) is 0 Å². The fraction of sp³-hybridized carbons (Fsp3) is 0.417. The van der Waals surface area contributed by atoms with E-state index in [9.17, 15) is 16.8 Å². The molecule has 1 unspecified atom stereocenters. The van der Waals surface area contributed by atoms with Gasteiger partial charge in [-0.15, -0.1) is 0 Å². The van der Waals surface area contributed by atoms with Gasteiger partial charge in [-0.1, -0.05) is 55.9 Å². The SMILES string of the molecule is CCCCS(=O)(=O)NC(NS(=O)(=O)C=S)c1ccccc1. The van der Waals surface area contributed by atoms with Crippen molar-refractivity contribution in [2.24, 2.45) is 0 Å². The van der Waals surface area contributed by atoms with Gasteiger partial charge < -0.3 is 0 Å². The Bertz CT molecular complexity index is 657. The Hall–Kier alpha value is -0.870. The van der Waals surface area contributed by atoms with Crippen LogP contribution in [-0.4, -0.2) is 27.3 Å². The average Bonchev–Trinajstić information content (AvgIpc) is 2.45.